The molecular formula is C15H16FN3O2. The third-order valence-electron chi connectivity index (χ3n) is 3.30. The van der Waals surface area contributed by atoms with Gasteiger partial charge in [-0.3, -0.25) is 0 Å². The van der Waals surface area contributed by atoms with E-state index >= 15 is 0 Å². The maximum atomic E-state index is 13.5. The maximum absolute atomic E-state index is 13.5. The molecule has 6 heteroatoms. The molecule has 1 aromatic heterocycles. The highest BCUT2D eigenvalue weighted by atomic mass is 19.1. The number of halogens is 1. The number of nitrogens with one attached hydrogen (secondary N) is 1. The molecule has 0 saturated heterocycles. The summed E-state index contributed by atoms with van der Waals surface area (Å²) in [4.78, 5) is 18.7. The zero-order chi connectivity index (χ0) is 15.4. The van der Waals surface area contributed by atoms with Gasteiger partial charge in [0.2, 0.25) is 0 Å². The van der Waals surface area contributed by atoms with Crippen molar-refractivity contribution in [2.45, 2.75) is 26.4 Å². The van der Waals surface area contributed by atoms with Gasteiger partial charge in [-0.25, -0.2) is 19.2 Å². The van der Waals surface area contributed by atoms with Crippen LogP contribution in [-0.2, 0) is 6.54 Å². The molecule has 0 bridgehead atoms. The van der Waals surface area contributed by atoms with Gasteiger partial charge in [-0.1, -0.05) is 12.1 Å². The topological polar surface area (TPSA) is 75.1 Å². The molecule has 0 aliphatic heterocycles. The van der Waals surface area contributed by atoms with Crippen molar-refractivity contribution >= 4 is 5.97 Å². The summed E-state index contributed by atoms with van der Waals surface area (Å²) in [7, 11) is 0. The number of hydrogen-bond donors (Lipinski definition) is 2. The molecule has 0 fully saturated rings. The summed E-state index contributed by atoms with van der Waals surface area (Å²) in [5, 5.41) is 12.2. The number of aromatic nitrogens is 2. The third kappa shape index (κ3) is 3.61. The van der Waals surface area contributed by atoms with Gasteiger partial charge < -0.3 is 10.4 Å². The molecule has 0 saturated carbocycles. The normalized spacial score (nSPS) is 12.1. The van der Waals surface area contributed by atoms with Crippen molar-refractivity contribution in [1.82, 2.24) is 15.3 Å². The SMILES string of the molecule is Cc1ccc(C(C)NCc2ncncc2C(=O)O)cc1F. The lowest BCUT2D eigenvalue weighted by molar-refractivity contribution is 0.0694. The van der Waals surface area contributed by atoms with Crippen LogP contribution in [-0.4, -0.2) is 21.0 Å². The van der Waals surface area contributed by atoms with E-state index in [9.17, 15) is 9.18 Å². The van der Waals surface area contributed by atoms with E-state index in [2.05, 4.69) is 15.3 Å². The van der Waals surface area contributed by atoms with Gasteiger partial charge in [-0.2, -0.15) is 0 Å². The van der Waals surface area contributed by atoms with Crippen molar-refractivity contribution in [3.05, 3.63) is 58.9 Å². The molecule has 1 aromatic carbocycles. The van der Waals surface area contributed by atoms with Crippen LogP contribution in [0.3, 0.4) is 0 Å². The highest BCUT2D eigenvalue weighted by Crippen LogP contribution is 2.17. The van der Waals surface area contributed by atoms with E-state index in [-0.39, 0.29) is 24.0 Å². The molecule has 0 spiro atoms. The molecule has 110 valence electrons. The summed E-state index contributed by atoms with van der Waals surface area (Å²) < 4.78 is 13.5. The minimum Gasteiger partial charge on any atom is -0.478 e. The summed E-state index contributed by atoms with van der Waals surface area (Å²) >= 11 is 0. The predicted octanol–water partition coefficient (Wildman–Crippen LogP) is 2.47. The number of hydrogen-bond acceptors (Lipinski definition) is 4. The Morgan fingerprint density at radius 2 is 2.24 bits per heavy atom. The summed E-state index contributed by atoms with van der Waals surface area (Å²) in [6, 6.07) is 4.91. The second-order valence-corrected chi connectivity index (χ2v) is 4.80. The van der Waals surface area contributed by atoms with E-state index in [4.69, 9.17) is 5.11 Å². The lowest BCUT2D eigenvalue weighted by Gasteiger charge is -2.15. The molecule has 1 heterocycles. The van der Waals surface area contributed by atoms with E-state index in [0.717, 1.165) is 5.56 Å². The molecule has 0 radical (unpaired) electrons. The van der Waals surface area contributed by atoms with Gasteiger partial charge in [-0.05, 0) is 31.0 Å². The Balaban J connectivity index is 2.09. The van der Waals surface area contributed by atoms with E-state index < -0.39 is 5.97 Å². The van der Waals surface area contributed by atoms with Crippen LogP contribution in [0.5, 0.6) is 0 Å². The number of aryl methyl sites for hydroxylation is 1. The third-order valence-corrected chi connectivity index (χ3v) is 3.30. The quantitative estimate of drug-likeness (QED) is 0.884. The zero-order valence-corrected chi connectivity index (χ0v) is 11.8. The number of aromatic carboxylic acids is 1. The van der Waals surface area contributed by atoms with Gasteiger partial charge in [-0.15, -0.1) is 0 Å². The first-order chi connectivity index (χ1) is 9.99. The minimum atomic E-state index is -1.07. The molecule has 1 unspecified atom stereocenters. The molecule has 2 N–H and O–H groups in total. The summed E-state index contributed by atoms with van der Waals surface area (Å²) in [5.41, 5.74) is 1.85. The van der Waals surface area contributed by atoms with Gasteiger partial charge in [0.05, 0.1) is 5.69 Å². The molecule has 0 aliphatic rings. The average Bonchev–Trinajstić information content (AvgIpc) is 2.47. The van der Waals surface area contributed by atoms with Crippen molar-refractivity contribution in [3.63, 3.8) is 0 Å². The van der Waals surface area contributed by atoms with Crippen LogP contribution in [0.1, 0.15) is 40.1 Å². The standard InChI is InChI=1S/C15H16FN3O2/c1-9-3-4-11(5-13(9)16)10(2)18-7-14-12(15(20)21)6-17-8-19-14/h3-6,8,10,18H,7H2,1-2H3,(H,20,21). The highest BCUT2D eigenvalue weighted by Gasteiger charge is 2.13. The van der Waals surface area contributed by atoms with Crippen LogP contribution < -0.4 is 5.32 Å². The number of carboxylic acids is 1. The first-order valence-electron chi connectivity index (χ1n) is 6.50. The molecular weight excluding hydrogens is 273 g/mol. The molecule has 21 heavy (non-hydrogen) atoms. The summed E-state index contributed by atoms with van der Waals surface area (Å²) in [5.74, 6) is -1.32. The molecule has 1 atom stereocenters. The largest absolute Gasteiger partial charge is 0.478 e. The first-order valence-corrected chi connectivity index (χ1v) is 6.50. The van der Waals surface area contributed by atoms with Crippen LogP contribution >= 0.6 is 0 Å². The Morgan fingerprint density at radius 1 is 1.48 bits per heavy atom. The second-order valence-electron chi connectivity index (χ2n) is 4.80. The number of carboxylic acid groups (broad SMARTS) is 1. The van der Waals surface area contributed by atoms with Gasteiger partial charge in [0.15, 0.2) is 0 Å². The van der Waals surface area contributed by atoms with Crippen LogP contribution in [0.25, 0.3) is 0 Å². The first kappa shape index (κ1) is 15.1. The molecule has 0 amide bonds. The molecule has 0 aliphatic carbocycles. The molecule has 5 nitrogen and oxygen atoms in total. The van der Waals surface area contributed by atoms with Crippen molar-refractivity contribution < 1.29 is 14.3 Å². The van der Waals surface area contributed by atoms with Crippen LogP contribution in [0.2, 0.25) is 0 Å². The Hall–Kier alpha value is -2.34. The van der Waals surface area contributed by atoms with Crippen molar-refractivity contribution in [3.8, 4) is 0 Å². The zero-order valence-electron chi connectivity index (χ0n) is 11.8. The molecule has 2 rings (SSSR count). The fraction of sp³-hybridized carbons (Fsp3) is 0.267. The number of carbonyl (C=O) groups is 1. The minimum absolute atomic E-state index is 0.0623. The van der Waals surface area contributed by atoms with E-state index in [1.54, 1.807) is 13.0 Å². The number of nitrogens with zero attached hydrogens (tertiary/aromatic N) is 2. The summed E-state index contributed by atoms with van der Waals surface area (Å²) in [6.45, 7) is 3.85. The van der Waals surface area contributed by atoms with Crippen molar-refractivity contribution in [2.75, 3.05) is 0 Å². The fourth-order valence-corrected chi connectivity index (χ4v) is 1.92. The lowest BCUT2D eigenvalue weighted by Crippen LogP contribution is -2.21. The highest BCUT2D eigenvalue weighted by molar-refractivity contribution is 5.88. The van der Waals surface area contributed by atoms with Gasteiger partial charge in [0.1, 0.15) is 17.7 Å². The Kier molecular flexibility index (Phi) is 4.59. The Morgan fingerprint density at radius 3 is 2.90 bits per heavy atom. The predicted molar refractivity (Wildman–Crippen MR) is 75.4 cm³/mol. The van der Waals surface area contributed by atoms with Crippen molar-refractivity contribution in [1.29, 1.82) is 0 Å². The Labute approximate surface area is 121 Å². The monoisotopic (exact) mass is 289 g/mol. The number of rotatable bonds is 5. The van der Waals surface area contributed by atoms with Gasteiger partial charge in [0, 0.05) is 18.8 Å². The fourth-order valence-electron chi connectivity index (χ4n) is 1.92. The lowest BCUT2D eigenvalue weighted by atomic mass is 10.1. The second kappa shape index (κ2) is 6.41. The number of benzene rings is 1. The van der Waals surface area contributed by atoms with E-state index in [1.165, 1.54) is 18.6 Å². The van der Waals surface area contributed by atoms with Gasteiger partial charge in [0.25, 0.3) is 0 Å². The molecule has 2 aromatic rings. The van der Waals surface area contributed by atoms with Crippen LogP contribution in [0, 0.1) is 12.7 Å². The Bertz CT molecular complexity index is 661. The van der Waals surface area contributed by atoms with Crippen LogP contribution in [0.15, 0.2) is 30.7 Å². The smallest absolute Gasteiger partial charge is 0.339 e. The maximum Gasteiger partial charge on any atom is 0.339 e. The van der Waals surface area contributed by atoms with E-state index in [0.29, 0.717) is 11.3 Å². The van der Waals surface area contributed by atoms with Gasteiger partial charge >= 0.3 is 5.97 Å². The van der Waals surface area contributed by atoms with Crippen molar-refractivity contribution in [2.24, 2.45) is 0 Å². The van der Waals surface area contributed by atoms with E-state index in [1.807, 2.05) is 13.0 Å². The van der Waals surface area contributed by atoms with Crippen LogP contribution in [0.4, 0.5) is 4.39 Å². The summed E-state index contributed by atoms with van der Waals surface area (Å²) in [6.07, 6.45) is 2.57. The average molecular weight is 289 g/mol.